The summed E-state index contributed by atoms with van der Waals surface area (Å²) < 4.78 is 7.02. The van der Waals surface area contributed by atoms with E-state index in [4.69, 9.17) is 4.74 Å². The minimum atomic E-state index is -1.41. The van der Waals surface area contributed by atoms with Crippen LogP contribution in [0.3, 0.4) is 0 Å². The number of hydrogen-bond donors (Lipinski definition) is 3. The molecule has 1 unspecified atom stereocenters. The maximum absolute atomic E-state index is 12.8. The molecule has 0 fully saturated rings. The van der Waals surface area contributed by atoms with Gasteiger partial charge in [0.2, 0.25) is 0 Å². The van der Waals surface area contributed by atoms with Crippen molar-refractivity contribution < 1.29 is 24.2 Å². The van der Waals surface area contributed by atoms with Gasteiger partial charge in [0.05, 0.1) is 11.2 Å². The van der Waals surface area contributed by atoms with E-state index in [1.54, 1.807) is 55.9 Å². The monoisotopic (exact) mass is 516 g/mol. The lowest BCUT2D eigenvalue weighted by molar-refractivity contribution is -0.141. The first-order chi connectivity index (χ1) is 17.7. The smallest absolute Gasteiger partial charge is 0.408 e. The molecule has 0 saturated carbocycles. The Labute approximate surface area is 222 Å². The van der Waals surface area contributed by atoms with Crippen LogP contribution in [0.4, 0.5) is 4.79 Å². The average molecular weight is 517 g/mol. The van der Waals surface area contributed by atoms with Gasteiger partial charge in [0, 0.05) is 29.9 Å². The zero-order valence-corrected chi connectivity index (χ0v) is 22.3. The summed E-state index contributed by atoms with van der Waals surface area (Å²) in [6, 6.07) is 14.9. The lowest BCUT2D eigenvalue weighted by Gasteiger charge is -2.33. The van der Waals surface area contributed by atoms with Crippen molar-refractivity contribution >= 4 is 18.0 Å². The highest BCUT2D eigenvalue weighted by molar-refractivity contribution is 5.97. The molecule has 1 atom stereocenters. The largest absolute Gasteiger partial charge is 0.480 e. The molecule has 2 aromatic carbocycles. The number of nitrogens with one attached hydrogen (secondary N) is 2. The number of amides is 2. The Hall–Kier alpha value is -4.58. The highest BCUT2D eigenvalue weighted by Crippen LogP contribution is 2.18. The van der Waals surface area contributed by atoms with Crippen LogP contribution in [-0.4, -0.2) is 50.0 Å². The number of alkyl carbamates (subject to hydrolysis) is 1. The van der Waals surface area contributed by atoms with Crippen LogP contribution < -0.4 is 10.6 Å². The molecule has 9 heteroatoms. The Morgan fingerprint density at radius 1 is 0.921 bits per heavy atom. The average Bonchev–Trinajstić information content (AvgIpc) is 3.25. The van der Waals surface area contributed by atoms with E-state index in [2.05, 4.69) is 27.6 Å². The van der Waals surface area contributed by atoms with Crippen LogP contribution in [0.15, 0.2) is 60.8 Å². The van der Waals surface area contributed by atoms with Crippen LogP contribution in [0.1, 0.15) is 56.1 Å². The van der Waals surface area contributed by atoms with Crippen molar-refractivity contribution in [1.82, 2.24) is 20.4 Å². The molecular weight excluding hydrogens is 484 g/mol. The Morgan fingerprint density at radius 3 is 1.95 bits per heavy atom. The molecule has 0 aliphatic heterocycles. The SMILES string of the molecule is Cn1nccc1-c1ccc(C#Cc2ccc(C(=O)NC(C(=O)O)C(C)(C)NC(=O)OC(C)(C)C)cc2)cc1. The molecule has 38 heavy (non-hydrogen) atoms. The molecule has 0 aliphatic carbocycles. The zero-order valence-electron chi connectivity index (χ0n) is 22.3. The summed E-state index contributed by atoms with van der Waals surface area (Å²) in [4.78, 5) is 36.9. The van der Waals surface area contributed by atoms with Gasteiger partial charge in [-0.3, -0.25) is 9.48 Å². The number of rotatable bonds is 6. The second kappa shape index (κ2) is 11.2. The van der Waals surface area contributed by atoms with E-state index >= 15 is 0 Å². The first-order valence-electron chi connectivity index (χ1n) is 12.0. The van der Waals surface area contributed by atoms with Gasteiger partial charge < -0.3 is 20.5 Å². The first kappa shape index (κ1) is 28.0. The summed E-state index contributed by atoms with van der Waals surface area (Å²) in [5, 5.41) is 18.9. The fourth-order valence-corrected chi connectivity index (χ4v) is 3.63. The molecule has 1 heterocycles. The maximum Gasteiger partial charge on any atom is 0.408 e. The van der Waals surface area contributed by atoms with Gasteiger partial charge in [0.1, 0.15) is 11.6 Å². The number of aromatic nitrogens is 2. The van der Waals surface area contributed by atoms with E-state index in [0.717, 1.165) is 16.8 Å². The van der Waals surface area contributed by atoms with Gasteiger partial charge >= 0.3 is 12.1 Å². The summed E-state index contributed by atoms with van der Waals surface area (Å²) in [6.45, 7) is 8.09. The topological polar surface area (TPSA) is 123 Å². The van der Waals surface area contributed by atoms with Crippen molar-refractivity contribution in [2.75, 3.05) is 0 Å². The number of carbonyl (C=O) groups is 3. The van der Waals surface area contributed by atoms with Gasteiger partial charge in [0.15, 0.2) is 0 Å². The number of benzene rings is 2. The van der Waals surface area contributed by atoms with Crippen molar-refractivity contribution in [3.8, 4) is 23.1 Å². The quantitative estimate of drug-likeness (QED) is 0.426. The van der Waals surface area contributed by atoms with E-state index in [1.165, 1.54) is 13.8 Å². The highest BCUT2D eigenvalue weighted by Gasteiger charge is 2.39. The number of hydrogen-bond acceptors (Lipinski definition) is 5. The summed E-state index contributed by atoms with van der Waals surface area (Å²) in [5.41, 5.74) is 1.75. The number of carbonyl (C=O) groups excluding carboxylic acids is 2. The van der Waals surface area contributed by atoms with Crippen molar-refractivity contribution in [3.05, 3.63) is 77.5 Å². The van der Waals surface area contributed by atoms with Gasteiger partial charge in [-0.15, -0.1) is 0 Å². The third-order valence-corrected chi connectivity index (χ3v) is 5.57. The summed E-state index contributed by atoms with van der Waals surface area (Å²) in [7, 11) is 1.89. The number of ether oxygens (including phenoxy) is 1. The summed E-state index contributed by atoms with van der Waals surface area (Å²) in [6.07, 6.45) is 0.967. The Bertz CT molecular complexity index is 1370. The van der Waals surface area contributed by atoms with Crippen LogP contribution >= 0.6 is 0 Å². The van der Waals surface area contributed by atoms with Gasteiger partial charge in [-0.05, 0) is 82.6 Å². The van der Waals surface area contributed by atoms with E-state index in [9.17, 15) is 19.5 Å². The van der Waals surface area contributed by atoms with Crippen LogP contribution in [0.25, 0.3) is 11.3 Å². The van der Waals surface area contributed by atoms with Crippen LogP contribution in [-0.2, 0) is 16.6 Å². The Balaban J connectivity index is 1.66. The lowest BCUT2D eigenvalue weighted by Crippen LogP contribution is -2.62. The molecule has 1 aromatic heterocycles. The predicted molar refractivity (Wildman–Crippen MR) is 143 cm³/mol. The molecule has 0 radical (unpaired) electrons. The van der Waals surface area contributed by atoms with E-state index in [0.29, 0.717) is 5.56 Å². The van der Waals surface area contributed by atoms with Crippen molar-refractivity contribution in [1.29, 1.82) is 0 Å². The van der Waals surface area contributed by atoms with Gasteiger partial charge in [0.25, 0.3) is 5.91 Å². The normalized spacial score (nSPS) is 12.1. The van der Waals surface area contributed by atoms with Gasteiger partial charge in [-0.1, -0.05) is 24.0 Å². The summed E-state index contributed by atoms with van der Waals surface area (Å²) >= 11 is 0. The minimum Gasteiger partial charge on any atom is -0.480 e. The van der Waals surface area contributed by atoms with E-state index in [1.807, 2.05) is 37.4 Å². The third-order valence-electron chi connectivity index (χ3n) is 5.57. The second-order valence-electron chi connectivity index (χ2n) is 10.3. The minimum absolute atomic E-state index is 0.260. The molecule has 0 aliphatic rings. The standard InChI is InChI=1S/C29H32N4O5/c1-28(2,3)38-27(37)32-29(4,5)24(26(35)36)31-25(34)22-15-11-20(12-16-22)8-7-19-9-13-21(14-10-19)23-17-18-30-33(23)6/h9-18,24H,1-6H3,(H,31,34)(H,32,37)(H,35,36). The zero-order chi connectivity index (χ0) is 28.1. The van der Waals surface area contributed by atoms with Gasteiger partial charge in [-0.25, -0.2) is 9.59 Å². The van der Waals surface area contributed by atoms with Crippen molar-refractivity contribution in [3.63, 3.8) is 0 Å². The van der Waals surface area contributed by atoms with E-state index < -0.39 is 35.2 Å². The molecular formula is C29H32N4O5. The second-order valence-corrected chi connectivity index (χ2v) is 10.3. The molecule has 0 spiro atoms. The lowest BCUT2D eigenvalue weighted by atomic mass is 9.94. The molecule has 3 N–H and O–H groups in total. The Morgan fingerprint density at radius 2 is 1.47 bits per heavy atom. The molecule has 3 rings (SSSR count). The van der Waals surface area contributed by atoms with Gasteiger partial charge in [-0.2, -0.15) is 5.10 Å². The molecule has 0 saturated heterocycles. The maximum atomic E-state index is 12.8. The molecule has 0 bridgehead atoms. The van der Waals surface area contributed by atoms with Crippen LogP contribution in [0, 0.1) is 11.8 Å². The first-order valence-corrected chi connectivity index (χ1v) is 12.0. The van der Waals surface area contributed by atoms with Crippen molar-refractivity contribution in [2.45, 2.75) is 51.8 Å². The molecule has 2 amide bonds. The molecule has 3 aromatic rings. The Kier molecular flexibility index (Phi) is 8.26. The number of nitrogens with zero attached hydrogens (tertiary/aromatic N) is 2. The highest BCUT2D eigenvalue weighted by atomic mass is 16.6. The van der Waals surface area contributed by atoms with Crippen LogP contribution in [0.5, 0.6) is 0 Å². The predicted octanol–water partition coefficient (Wildman–Crippen LogP) is 3.97. The van der Waals surface area contributed by atoms with Crippen LogP contribution in [0.2, 0.25) is 0 Å². The third kappa shape index (κ3) is 7.46. The number of aryl methyl sites for hydroxylation is 1. The number of carboxylic acid groups (broad SMARTS) is 1. The molecule has 198 valence electrons. The fourth-order valence-electron chi connectivity index (χ4n) is 3.63. The molecule has 9 nitrogen and oxygen atoms in total. The number of carboxylic acids is 1. The summed E-state index contributed by atoms with van der Waals surface area (Å²) in [5.74, 6) is 4.27. The number of aliphatic carboxylic acids is 1. The van der Waals surface area contributed by atoms with E-state index in [-0.39, 0.29) is 5.56 Å². The fraction of sp³-hybridized carbons (Fsp3) is 0.310. The van der Waals surface area contributed by atoms with Crippen molar-refractivity contribution in [2.24, 2.45) is 7.05 Å².